The zero-order chi connectivity index (χ0) is 25.6. The van der Waals surface area contributed by atoms with Gasteiger partial charge in [0.1, 0.15) is 0 Å². The van der Waals surface area contributed by atoms with Crippen LogP contribution < -0.4 is 10.6 Å². The summed E-state index contributed by atoms with van der Waals surface area (Å²) in [6.07, 6.45) is 5.15. The molecule has 0 saturated carbocycles. The molecule has 1 amide bonds. The van der Waals surface area contributed by atoms with Crippen LogP contribution in [0.2, 0.25) is 0 Å². The van der Waals surface area contributed by atoms with Crippen LogP contribution in [0.1, 0.15) is 34.8 Å². The van der Waals surface area contributed by atoms with Gasteiger partial charge in [0.05, 0.1) is 11.6 Å². The van der Waals surface area contributed by atoms with Crippen LogP contribution in [-0.4, -0.2) is 41.8 Å². The summed E-state index contributed by atoms with van der Waals surface area (Å²) < 4.78 is 3.65. The number of imidazole rings is 1. The number of carbonyl (C=O) groups is 1. The molecule has 0 saturated heterocycles. The van der Waals surface area contributed by atoms with Crippen LogP contribution in [0.5, 0.6) is 0 Å². The zero-order valence-corrected chi connectivity index (χ0v) is 20.3. The Morgan fingerprint density at radius 1 is 1.03 bits per heavy atom. The van der Waals surface area contributed by atoms with Gasteiger partial charge >= 0.3 is 0 Å². The van der Waals surface area contributed by atoms with Crippen LogP contribution >= 0.6 is 0 Å². The van der Waals surface area contributed by atoms with Crippen LogP contribution in [0.4, 0.5) is 11.8 Å². The molecule has 0 aliphatic heterocycles. The SMILES string of the molecule is CCCn1c(-n2cccn2)nc2c(NC(=O)c3ccc(C#N)cc3)nc(NCCc3ccccc3)nc21. The van der Waals surface area contributed by atoms with Crippen LogP contribution in [0.3, 0.4) is 0 Å². The predicted molar refractivity (Wildman–Crippen MR) is 140 cm³/mol. The van der Waals surface area contributed by atoms with E-state index in [2.05, 4.69) is 45.8 Å². The Kier molecular flexibility index (Phi) is 6.85. The van der Waals surface area contributed by atoms with Crippen molar-refractivity contribution < 1.29 is 4.79 Å². The van der Waals surface area contributed by atoms with Gasteiger partial charge in [-0.2, -0.15) is 20.3 Å². The van der Waals surface area contributed by atoms with Crippen molar-refractivity contribution in [2.24, 2.45) is 0 Å². The van der Waals surface area contributed by atoms with Crippen molar-refractivity contribution in [3.05, 3.63) is 89.7 Å². The lowest BCUT2D eigenvalue weighted by molar-refractivity contribution is 0.102. The fraction of sp³-hybridized carbons (Fsp3) is 0.185. The third-order valence-electron chi connectivity index (χ3n) is 5.78. The van der Waals surface area contributed by atoms with E-state index in [1.54, 1.807) is 35.1 Å². The number of nitrogens with one attached hydrogen (secondary N) is 2. The topological polar surface area (TPSA) is 126 Å². The van der Waals surface area contributed by atoms with Gasteiger partial charge in [-0.05, 0) is 48.7 Å². The summed E-state index contributed by atoms with van der Waals surface area (Å²) in [6.45, 7) is 3.36. The number of aryl methyl sites for hydroxylation is 1. The molecule has 0 bridgehead atoms. The van der Waals surface area contributed by atoms with E-state index in [0.717, 1.165) is 12.8 Å². The van der Waals surface area contributed by atoms with Crippen LogP contribution in [0.15, 0.2) is 73.1 Å². The van der Waals surface area contributed by atoms with E-state index < -0.39 is 0 Å². The normalized spacial score (nSPS) is 10.8. The third kappa shape index (κ3) is 5.16. The molecule has 0 atom stereocenters. The van der Waals surface area contributed by atoms with Crippen molar-refractivity contribution in [2.45, 2.75) is 26.3 Å². The number of benzene rings is 2. The van der Waals surface area contributed by atoms with Gasteiger partial charge in [0.15, 0.2) is 17.0 Å². The highest BCUT2D eigenvalue weighted by Crippen LogP contribution is 2.25. The minimum absolute atomic E-state index is 0.296. The molecular weight excluding hydrogens is 466 g/mol. The van der Waals surface area contributed by atoms with Crippen molar-refractivity contribution in [3.63, 3.8) is 0 Å². The Bertz CT molecular complexity index is 1550. The summed E-state index contributed by atoms with van der Waals surface area (Å²) >= 11 is 0. The number of nitriles is 1. The lowest BCUT2D eigenvalue weighted by atomic mass is 10.1. The first-order valence-corrected chi connectivity index (χ1v) is 12.0. The molecule has 2 aromatic carbocycles. The van der Waals surface area contributed by atoms with Crippen molar-refractivity contribution in [1.82, 2.24) is 29.3 Å². The Morgan fingerprint density at radius 2 is 1.84 bits per heavy atom. The molecule has 5 rings (SSSR count). The minimum atomic E-state index is -0.356. The molecule has 0 unspecified atom stereocenters. The van der Waals surface area contributed by atoms with E-state index in [4.69, 9.17) is 15.2 Å². The molecule has 37 heavy (non-hydrogen) atoms. The lowest BCUT2D eigenvalue weighted by Crippen LogP contribution is -2.16. The van der Waals surface area contributed by atoms with E-state index in [1.165, 1.54) is 5.56 Å². The molecule has 3 heterocycles. The van der Waals surface area contributed by atoms with E-state index in [0.29, 0.717) is 53.1 Å². The van der Waals surface area contributed by atoms with Crippen LogP contribution in [-0.2, 0) is 13.0 Å². The second-order valence-corrected chi connectivity index (χ2v) is 8.39. The molecule has 0 radical (unpaired) electrons. The number of hydrogen-bond donors (Lipinski definition) is 2. The van der Waals surface area contributed by atoms with Gasteiger partial charge in [-0.3, -0.25) is 9.36 Å². The van der Waals surface area contributed by atoms with Crippen LogP contribution in [0, 0.1) is 11.3 Å². The predicted octanol–water partition coefficient (Wildman–Crippen LogP) is 4.20. The number of anilines is 2. The summed E-state index contributed by atoms with van der Waals surface area (Å²) in [5.74, 6) is 0.921. The third-order valence-corrected chi connectivity index (χ3v) is 5.78. The average molecular weight is 492 g/mol. The summed E-state index contributed by atoms with van der Waals surface area (Å²) in [4.78, 5) is 27.2. The van der Waals surface area contributed by atoms with Gasteiger partial charge in [-0.1, -0.05) is 37.3 Å². The second kappa shape index (κ2) is 10.7. The first-order chi connectivity index (χ1) is 18.2. The van der Waals surface area contributed by atoms with Gasteiger partial charge in [-0.25, -0.2) is 9.67 Å². The highest BCUT2D eigenvalue weighted by molar-refractivity contribution is 6.07. The summed E-state index contributed by atoms with van der Waals surface area (Å²) in [5.41, 5.74) is 3.15. The summed E-state index contributed by atoms with van der Waals surface area (Å²) in [6, 6.07) is 20.5. The Balaban J connectivity index is 1.52. The van der Waals surface area contributed by atoms with Gasteiger partial charge < -0.3 is 10.6 Å². The molecule has 5 aromatic rings. The van der Waals surface area contributed by atoms with Gasteiger partial charge in [0, 0.05) is 31.0 Å². The molecule has 184 valence electrons. The maximum absolute atomic E-state index is 13.1. The van der Waals surface area contributed by atoms with Crippen molar-refractivity contribution >= 4 is 28.8 Å². The Hall–Kier alpha value is -5.04. The standard InChI is InChI=1S/C27H25N9O/c1-2-16-35-24-22(31-27(35)36-17-6-14-30-36)23(32-25(37)21-11-9-20(18-28)10-12-21)33-26(34-24)29-15-13-19-7-4-3-5-8-19/h3-12,14,17H,2,13,15-16H2,1H3,(H2,29,32,33,34,37). The molecule has 10 heteroatoms. The molecule has 0 aliphatic rings. The second-order valence-electron chi connectivity index (χ2n) is 8.39. The maximum Gasteiger partial charge on any atom is 0.256 e. The van der Waals surface area contributed by atoms with E-state index >= 15 is 0 Å². The fourth-order valence-corrected chi connectivity index (χ4v) is 3.99. The number of fused-ring (bicyclic) bond motifs is 1. The molecule has 10 nitrogen and oxygen atoms in total. The molecule has 3 aromatic heterocycles. The molecule has 2 N–H and O–H groups in total. The first-order valence-electron chi connectivity index (χ1n) is 12.0. The summed E-state index contributed by atoms with van der Waals surface area (Å²) in [5, 5.41) is 19.6. The Morgan fingerprint density at radius 3 is 2.54 bits per heavy atom. The Labute approximate surface area is 213 Å². The van der Waals surface area contributed by atoms with E-state index in [1.807, 2.05) is 35.0 Å². The number of aromatic nitrogens is 6. The summed E-state index contributed by atoms with van der Waals surface area (Å²) in [7, 11) is 0. The van der Waals surface area contributed by atoms with Gasteiger partial charge in [0.25, 0.3) is 5.91 Å². The average Bonchev–Trinajstić information content (AvgIpc) is 3.58. The lowest BCUT2D eigenvalue weighted by Gasteiger charge is -2.11. The van der Waals surface area contributed by atoms with Crippen molar-refractivity contribution in [1.29, 1.82) is 5.26 Å². The quantitative estimate of drug-likeness (QED) is 0.316. The molecule has 0 spiro atoms. The largest absolute Gasteiger partial charge is 0.354 e. The number of carbonyl (C=O) groups excluding carboxylic acids is 1. The number of amides is 1. The highest BCUT2D eigenvalue weighted by atomic mass is 16.1. The van der Waals surface area contributed by atoms with Gasteiger partial charge in [0.2, 0.25) is 11.9 Å². The molecule has 0 fully saturated rings. The van der Waals surface area contributed by atoms with Crippen LogP contribution in [0.25, 0.3) is 17.1 Å². The van der Waals surface area contributed by atoms with Crippen molar-refractivity contribution in [2.75, 3.05) is 17.2 Å². The number of hydrogen-bond acceptors (Lipinski definition) is 7. The monoisotopic (exact) mass is 491 g/mol. The molecule has 0 aliphatic carbocycles. The van der Waals surface area contributed by atoms with E-state index in [-0.39, 0.29) is 5.91 Å². The van der Waals surface area contributed by atoms with E-state index in [9.17, 15) is 4.79 Å². The fourth-order valence-electron chi connectivity index (χ4n) is 3.99. The van der Waals surface area contributed by atoms with Gasteiger partial charge in [-0.15, -0.1) is 0 Å². The number of rotatable bonds is 9. The minimum Gasteiger partial charge on any atom is -0.354 e. The zero-order valence-electron chi connectivity index (χ0n) is 20.3. The molecular formula is C27H25N9O. The first kappa shape index (κ1) is 23.7. The maximum atomic E-state index is 13.1. The smallest absolute Gasteiger partial charge is 0.256 e. The number of nitrogens with zero attached hydrogens (tertiary/aromatic N) is 7. The highest BCUT2D eigenvalue weighted by Gasteiger charge is 2.21. The van der Waals surface area contributed by atoms with Crippen molar-refractivity contribution in [3.8, 4) is 12.0 Å².